The van der Waals surface area contributed by atoms with E-state index in [1.807, 2.05) is 0 Å². The van der Waals surface area contributed by atoms with Crippen LogP contribution in [-0.4, -0.2) is 0 Å². The van der Waals surface area contributed by atoms with Crippen molar-refractivity contribution < 1.29 is 20.1 Å². The Morgan fingerprint density at radius 3 is 0.444 bits per heavy atom. The molecular weight excluding hydrogens is 202 g/mol. The first-order valence-corrected chi connectivity index (χ1v) is 0.894. The average Bonchev–Trinajstić information content (AvgIpc) is 2.03. The summed E-state index contributed by atoms with van der Waals surface area (Å²) >= 11 is 0. The van der Waals surface area contributed by atoms with Gasteiger partial charge < -0.3 is 47.3 Å². The van der Waals surface area contributed by atoms with E-state index >= 15 is 0 Å². The smallest absolute Gasteiger partial charge is 0.512 e. The second-order valence-electron chi connectivity index (χ2n) is 0. The molecule has 0 spiro atoms. The fourth-order valence-electron chi connectivity index (χ4n) is 0. The molecule has 43 valence electrons. The normalized spacial score (nSPS) is 0.889. The third-order valence-electron chi connectivity index (χ3n) is 0. The molecule has 0 heterocycles. The average molecular weight is 202 g/mol. The maximum absolute atomic E-state index is 6.25. The molecule has 0 N–H and O–H groups in total. The number of rotatable bonds is 0. The number of hydrogen-bond acceptors (Lipinski definition) is 4. The van der Waals surface area contributed by atoms with E-state index in [-0.39, 0.29) is 20.1 Å². The third kappa shape index (κ3) is 72.6. The molecule has 0 atom stereocenters. The van der Waals surface area contributed by atoms with Gasteiger partial charge in [-0.1, -0.05) is 0 Å². The van der Waals surface area contributed by atoms with Crippen LogP contribution in [0, 0.1) is 47.3 Å². The van der Waals surface area contributed by atoms with Crippen molar-refractivity contribution in [1.29, 1.82) is 21.0 Å². The first-order chi connectivity index (χ1) is 4.00. The van der Waals surface area contributed by atoms with Gasteiger partial charge in [0.2, 0.25) is 0 Å². The molecular formula is C4N4Tc. The molecule has 0 aliphatic heterocycles. The minimum absolute atomic E-state index is 0. The van der Waals surface area contributed by atoms with Crippen molar-refractivity contribution in [3.8, 4) is 0 Å². The van der Waals surface area contributed by atoms with Crippen LogP contribution < -0.4 is 0 Å². The summed E-state index contributed by atoms with van der Waals surface area (Å²) in [4.78, 5) is 0. The van der Waals surface area contributed by atoms with E-state index in [1.54, 1.807) is 0 Å². The van der Waals surface area contributed by atoms with Gasteiger partial charge in [-0.05, 0) is 0 Å². The Labute approximate surface area is 67.9 Å². The minimum Gasteiger partial charge on any atom is -0.512 e. The van der Waals surface area contributed by atoms with Crippen LogP contribution in [0.4, 0.5) is 0 Å². The maximum atomic E-state index is 6.25. The van der Waals surface area contributed by atoms with Crippen molar-refractivity contribution in [2.75, 3.05) is 0 Å². The number of hydrogen-bond donors (Lipinski definition) is 0. The van der Waals surface area contributed by atoms with Gasteiger partial charge in [0.15, 0.2) is 0 Å². The van der Waals surface area contributed by atoms with Gasteiger partial charge in [0.05, 0.1) is 0 Å². The van der Waals surface area contributed by atoms with Crippen molar-refractivity contribution in [1.82, 2.24) is 0 Å². The zero-order chi connectivity index (χ0) is 8.00. The van der Waals surface area contributed by atoms with Gasteiger partial charge in [0, 0.05) is 0 Å². The molecule has 0 unspecified atom stereocenters. The van der Waals surface area contributed by atoms with Crippen LogP contribution >= 0.6 is 0 Å². The molecule has 4 nitrogen and oxygen atoms in total. The number of nitrogens with zero attached hydrogens (tertiary/aromatic N) is 4. The Balaban J connectivity index is -0.00000000762. The van der Waals surface area contributed by atoms with Crippen molar-refractivity contribution in [2.45, 2.75) is 0 Å². The maximum Gasteiger partial charge on any atom is 4.00 e. The second kappa shape index (κ2) is 108. The van der Waals surface area contributed by atoms with E-state index in [0.29, 0.717) is 0 Å². The van der Waals surface area contributed by atoms with Crippen LogP contribution in [0.3, 0.4) is 0 Å². The van der Waals surface area contributed by atoms with Gasteiger partial charge in [0.25, 0.3) is 0 Å². The zero-order valence-electron chi connectivity index (χ0n) is 4.17. The van der Waals surface area contributed by atoms with Gasteiger partial charge in [-0.25, -0.2) is 0 Å². The largest absolute Gasteiger partial charge is 4.00 e. The molecule has 5 heteroatoms. The van der Waals surface area contributed by atoms with Crippen LogP contribution in [-0.2, 0) is 20.1 Å². The SMILES string of the molecule is [C-]#N.[C-]#N.[C-]#N.[C-]#N.[Tc+4]. The first kappa shape index (κ1) is 48.8. The van der Waals surface area contributed by atoms with Gasteiger partial charge >= 0.3 is 20.1 Å². The summed E-state index contributed by atoms with van der Waals surface area (Å²) in [5.74, 6) is 0. The predicted octanol–water partition coefficient (Wildman–Crippen LogP) is 0.383. The van der Waals surface area contributed by atoms with Crippen LogP contribution in [0.5, 0.6) is 0 Å². The summed E-state index contributed by atoms with van der Waals surface area (Å²) in [6.45, 7) is 19.0. The molecule has 0 saturated carbocycles. The Bertz CT molecular complexity index is 55.5. The van der Waals surface area contributed by atoms with E-state index in [1.165, 1.54) is 0 Å². The first-order valence-electron chi connectivity index (χ1n) is 0.894. The van der Waals surface area contributed by atoms with Crippen molar-refractivity contribution in [3.63, 3.8) is 0 Å². The quantitative estimate of drug-likeness (QED) is 0.530. The van der Waals surface area contributed by atoms with Crippen molar-refractivity contribution in [3.05, 3.63) is 26.3 Å². The summed E-state index contributed by atoms with van der Waals surface area (Å²) in [5.41, 5.74) is 0. The molecule has 0 aromatic heterocycles. The van der Waals surface area contributed by atoms with Gasteiger partial charge in [-0.3, -0.25) is 0 Å². The van der Waals surface area contributed by atoms with Crippen LogP contribution in [0.2, 0.25) is 0 Å². The topological polar surface area (TPSA) is 95.2 Å². The molecule has 0 saturated heterocycles. The Kier molecular flexibility index (Phi) is 583. The van der Waals surface area contributed by atoms with Crippen molar-refractivity contribution in [2.24, 2.45) is 0 Å². The van der Waals surface area contributed by atoms with Gasteiger partial charge in [0.1, 0.15) is 0 Å². The summed E-state index contributed by atoms with van der Waals surface area (Å²) < 4.78 is 0. The summed E-state index contributed by atoms with van der Waals surface area (Å²) in [5, 5.41) is 25.0. The van der Waals surface area contributed by atoms with Crippen molar-refractivity contribution >= 4 is 0 Å². The molecule has 0 amide bonds. The molecule has 9 heavy (non-hydrogen) atoms. The molecule has 0 aromatic rings. The molecule has 0 bridgehead atoms. The molecule has 1 radical (unpaired) electrons. The monoisotopic (exact) mass is 201 g/mol. The summed E-state index contributed by atoms with van der Waals surface area (Å²) in [6.07, 6.45) is 0. The molecule has 0 fully saturated rings. The second-order valence-corrected chi connectivity index (χ2v) is 0. The molecule has 0 aliphatic rings. The molecule has 0 aromatic carbocycles. The minimum atomic E-state index is 0. The van der Waals surface area contributed by atoms with Crippen LogP contribution in [0.1, 0.15) is 0 Å². The van der Waals surface area contributed by atoms with Gasteiger partial charge in [-0.15, -0.1) is 0 Å². The predicted molar refractivity (Wildman–Crippen MR) is 19.9 cm³/mol. The van der Waals surface area contributed by atoms with E-state index < -0.39 is 0 Å². The van der Waals surface area contributed by atoms with E-state index in [2.05, 4.69) is 0 Å². The van der Waals surface area contributed by atoms with E-state index in [4.69, 9.17) is 47.3 Å². The van der Waals surface area contributed by atoms with Gasteiger partial charge in [-0.2, -0.15) is 0 Å². The molecule has 0 aliphatic carbocycles. The summed E-state index contributed by atoms with van der Waals surface area (Å²) in [7, 11) is 0. The third-order valence-corrected chi connectivity index (χ3v) is 0. The Morgan fingerprint density at radius 1 is 0.444 bits per heavy atom. The van der Waals surface area contributed by atoms with E-state index in [9.17, 15) is 0 Å². The standard InChI is InChI=1S/4CN.Tc/c4*1-2;/q4*-1;+4. The van der Waals surface area contributed by atoms with Crippen LogP contribution in [0.15, 0.2) is 0 Å². The Hall–Kier alpha value is -1.39. The molecule has 0 rings (SSSR count). The van der Waals surface area contributed by atoms with E-state index in [0.717, 1.165) is 0 Å². The zero-order valence-corrected chi connectivity index (χ0v) is 6.02. The fourth-order valence-corrected chi connectivity index (χ4v) is 0. The Morgan fingerprint density at radius 2 is 0.444 bits per heavy atom. The fraction of sp³-hybridized carbons (Fsp3) is 0. The summed E-state index contributed by atoms with van der Waals surface area (Å²) in [6, 6.07) is 0. The van der Waals surface area contributed by atoms with Crippen LogP contribution in [0.25, 0.3) is 0 Å².